The Morgan fingerprint density at radius 2 is 1.93 bits per heavy atom. The molecule has 154 valence electrons. The zero-order chi connectivity index (χ0) is 21.3. The molecule has 1 aromatic heterocycles. The fourth-order valence-electron chi connectivity index (χ4n) is 3.60. The quantitative estimate of drug-likeness (QED) is 0.471. The van der Waals surface area contributed by atoms with Crippen molar-refractivity contribution in [1.82, 2.24) is 19.3 Å². The standard InChI is InChI=1S/C21H25BrN4O2S/c1-5-24(6-2)19(27)13-25-12-14(16-11-15(22)8-9-17(16)25)10-18-20(28)26(7-3)21(29)23(18)4/h8-12H,5-7,13H2,1-4H3/b18-10-. The van der Waals surface area contributed by atoms with Crippen LogP contribution < -0.4 is 0 Å². The van der Waals surface area contributed by atoms with Crippen molar-refractivity contribution in [2.45, 2.75) is 27.3 Å². The number of benzene rings is 1. The van der Waals surface area contributed by atoms with Crippen LogP contribution in [0.3, 0.4) is 0 Å². The van der Waals surface area contributed by atoms with E-state index in [0.717, 1.165) is 20.9 Å². The zero-order valence-corrected chi connectivity index (χ0v) is 19.5. The summed E-state index contributed by atoms with van der Waals surface area (Å²) in [5.41, 5.74) is 2.36. The van der Waals surface area contributed by atoms with Crippen LogP contribution in [0.15, 0.2) is 34.6 Å². The molecule has 1 fully saturated rings. The molecule has 8 heteroatoms. The van der Waals surface area contributed by atoms with Gasteiger partial charge in [0.1, 0.15) is 12.2 Å². The number of likely N-dealkylation sites (N-methyl/N-ethyl adjacent to an activating group) is 3. The minimum absolute atomic E-state index is 0.0708. The van der Waals surface area contributed by atoms with Crippen LogP contribution in [0.5, 0.6) is 0 Å². The molecule has 1 aliphatic rings. The van der Waals surface area contributed by atoms with Gasteiger partial charge in [-0.1, -0.05) is 15.9 Å². The SMILES string of the molecule is CCN(CC)C(=O)Cn1cc(/C=C2/C(=O)N(CC)C(=S)N2C)c2cc(Br)ccc21. The van der Waals surface area contributed by atoms with E-state index in [4.69, 9.17) is 12.2 Å². The van der Waals surface area contributed by atoms with E-state index in [0.29, 0.717) is 30.4 Å². The monoisotopic (exact) mass is 476 g/mol. The number of nitrogens with zero attached hydrogens (tertiary/aromatic N) is 4. The second kappa shape index (κ2) is 8.67. The van der Waals surface area contributed by atoms with Gasteiger partial charge >= 0.3 is 0 Å². The maximum absolute atomic E-state index is 12.8. The molecule has 29 heavy (non-hydrogen) atoms. The number of aromatic nitrogens is 1. The van der Waals surface area contributed by atoms with E-state index < -0.39 is 0 Å². The third-order valence-electron chi connectivity index (χ3n) is 5.25. The van der Waals surface area contributed by atoms with Crippen LogP contribution in [0.4, 0.5) is 0 Å². The van der Waals surface area contributed by atoms with E-state index in [1.54, 1.807) is 16.8 Å². The van der Waals surface area contributed by atoms with Crippen molar-refractivity contribution in [3.05, 3.63) is 40.1 Å². The number of hydrogen-bond donors (Lipinski definition) is 0. The molecule has 3 rings (SSSR count). The molecule has 0 radical (unpaired) electrons. The Balaban J connectivity index is 2.07. The Labute approximate surface area is 184 Å². The molecule has 2 heterocycles. The molecule has 1 aromatic carbocycles. The van der Waals surface area contributed by atoms with Crippen molar-refractivity contribution in [3.63, 3.8) is 0 Å². The number of halogens is 1. The number of hydrogen-bond acceptors (Lipinski definition) is 3. The highest BCUT2D eigenvalue weighted by Gasteiger charge is 2.34. The number of fused-ring (bicyclic) bond motifs is 1. The molecule has 0 spiro atoms. The van der Waals surface area contributed by atoms with Gasteiger partial charge in [-0.05, 0) is 57.3 Å². The van der Waals surface area contributed by atoms with Gasteiger partial charge < -0.3 is 14.4 Å². The fraction of sp³-hybridized carbons (Fsp3) is 0.381. The average molecular weight is 477 g/mol. The van der Waals surface area contributed by atoms with E-state index in [-0.39, 0.29) is 18.4 Å². The summed E-state index contributed by atoms with van der Waals surface area (Å²) < 4.78 is 2.89. The van der Waals surface area contributed by atoms with Crippen LogP contribution in [-0.4, -0.2) is 62.9 Å². The molecule has 0 unspecified atom stereocenters. The van der Waals surface area contributed by atoms with Gasteiger partial charge in [0.2, 0.25) is 5.91 Å². The van der Waals surface area contributed by atoms with Crippen LogP contribution in [0, 0.1) is 0 Å². The summed E-state index contributed by atoms with van der Waals surface area (Å²) in [7, 11) is 1.81. The van der Waals surface area contributed by atoms with Crippen LogP contribution >= 0.6 is 28.1 Å². The molecule has 1 saturated heterocycles. The summed E-state index contributed by atoms with van der Waals surface area (Å²) in [6, 6.07) is 5.95. The van der Waals surface area contributed by atoms with E-state index in [1.807, 2.05) is 60.7 Å². The first-order valence-corrected chi connectivity index (χ1v) is 10.9. The number of rotatable bonds is 6. The van der Waals surface area contributed by atoms with Gasteiger partial charge in [0.15, 0.2) is 5.11 Å². The van der Waals surface area contributed by atoms with Gasteiger partial charge in [0, 0.05) is 53.8 Å². The molecular formula is C21H25BrN4O2S. The normalized spacial score (nSPS) is 15.8. The molecule has 0 bridgehead atoms. The molecule has 1 aliphatic heterocycles. The first-order chi connectivity index (χ1) is 13.8. The number of thiocarbonyl (C=S) groups is 1. The first kappa shape index (κ1) is 21.5. The molecule has 2 amide bonds. The molecule has 2 aromatic rings. The molecule has 0 saturated carbocycles. The summed E-state index contributed by atoms with van der Waals surface area (Å²) in [4.78, 5) is 30.6. The fourth-order valence-corrected chi connectivity index (χ4v) is 4.27. The van der Waals surface area contributed by atoms with E-state index in [2.05, 4.69) is 15.9 Å². The van der Waals surface area contributed by atoms with E-state index in [1.165, 1.54) is 0 Å². The highest BCUT2D eigenvalue weighted by molar-refractivity contribution is 9.10. The zero-order valence-electron chi connectivity index (χ0n) is 17.1. The second-order valence-corrected chi connectivity index (χ2v) is 8.14. The maximum atomic E-state index is 12.8. The van der Waals surface area contributed by atoms with Crippen molar-refractivity contribution in [1.29, 1.82) is 0 Å². The largest absolute Gasteiger partial charge is 0.342 e. The second-order valence-electron chi connectivity index (χ2n) is 6.86. The summed E-state index contributed by atoms with van der Waals surface area (Å²) in [5.74, 6) is -0.0310. The lowest BCUT2D eigenvalue weighted by Crippen LogP contribution is -2.33. The minimum atomic E-state index is -0.102. The Hall–Kier alpha value is -2.19. The predicted molar refractivity (Wildman–Crippen MR) is 123 cm³/mol. The smallest absolute Gasteiger partial charge is 0.276 e. The lowest BCUT2D eigenvalue weighted by Gasteiger charge is -2.19. The summed E-state index contributed by atoms with van der Waals surface area (Å²) >= 11 is 8.92. The first-order valence-electron chi connectivity index (χ1n) is 9.69. The average Bonchev–Trinajstić information content (AvgIpc) is 3.12. The van der Waals surface area contributed by atoms with Gasteiger partial charge in [0.05, 0.1) is 0 Å². The Kier molecular flexibility index (Phi) is 6.43. The van der Waals surface area contributed by atoms with Crippen LogP contribution in [0.25, 0.3) is 17.0 Å². The lowest BCUT2D eigenvalue weighted by atomic mass is 10.1. The third-order valence-corrected chi connectivity index (χ3v) is 6.24. The van der Waals surface area contributed by atoms with Crippen LogP contribution in [0.1, 0.15) is 26.3 Å². The summed E-state index contributed by atoms with van der Waals surface area (Å²) in [6.45, 7) is 8.01. The number of carbonyl (C=O) groups is 2. The number of carbonyl (C=O) groups excluding carboxylic acids is 2. The lowest BCUT2D eigenvalue weighted by molar-refractivity contribution is -0.131. The molecule has 6 nitrogen and oxygen atoms in total. The predicted octanol–water partition coefficient (Wildman–Crippen LogP) is 3.69. The van der Waals surface area contributed by atoms with Crippen molar-refractivity contribution >= 4 is 62.1 Å². The van der Waals surface area contributed by atoms with Crippen molar-refractivity contribution in [2.24, 2.45) is 0 Å². The van der Waals surface area contributed by atoms with E-state index >= 15 is 0 Å². The minimum Gasteiger partial charge on any atom is -0.342 e. The van der Waals surface area contributed by atoms with Crippen LogP contribution in [0.2, 0.25) is 0 Å². The third kappa shape index (κ3) is 3.96. The Morgan fingerprint density at radius 1 is 1.24 bits per heavy atom. The van der Waals surface area contributed by atoms with Gasteiger partial charge in [-0.15, -0.1) is 0 Å². The molecular weight excluding hydrogens is 452 g/mol. The Morgan fingerprint density at radius 3 is 2.52 bits per heavy atom. The van der Waals surface area contributed by atoms with Gasteiger partial charge in [-0.25, -0.2) is 0 Å². The maximum Gasteiger partial charge on any atom is 0.276 e. The van der Waals surface area contributed by atoms with Crippen molar-refractivity contribution < 1.29 is 9.59 Å². The van der Waals surface area contributed by atoms with Gasteiger partial charge in [-0.3, -0.25) is 14.5 Å². The highest BCUT2D eigenvalue weighted by atomic mass is 79.9. The van der Waals surface area contributed by atoms with Crippen molar-refractivity contribution in [2.75, 3.05) is 26.7 Å². The molecule has 0 N–H and O–H groups in total. The van der Waals surface area contributed by atoms with Crippen molar-refractivity contribution in [3.8, 4) is 0 Å². The highest BCUT2D eigenvalue weighted by Crippen LogP contribution is 2.29. The molecule has 0 aliphatic carbocycles. The molecule has 0 atom stereocenters. The van der Waals surface area contributed by atoms with Gasteiger partial charge in [0.25, 0.3) is 5.91 Å². The van der Waals surface area contributed by atoms with E-state index in [9.17, 15) is 9.59 Å². The topological polar surface area (TPSA) is 48.8 Å². The van der Waals surface area contributed by atoms with Gasteiger partial charge in [-0.2, -0.15) is 0 Å². The van der Waals surface area contributed by atoms with Crippen LogP contribution in [-0.2, 0) is 16.1 Å². The number of amides is 2. The summed E-state index contributed by atoms with van der Waals surface area (Å²) in [6.07, 6.45) is 3.79. The Bertz CT molecular complexity index is 1010. The summed E-state index contributed by atoms with van der Waals surface area (Å²) in [5, 5.41) is 1.48.